The van der Waals surface area contributed by atoms with Crippen LogP contribution in [0.5, 0.6) is 0 Å². The molecule has 4 atom stereocenters. The predicted octanol–water partition coefficient (Wildman–Crippen LogP) is -2.02. The molecule has 0 amide bonds. The Bertz CT molecular complexity index is 197. The molecule has 0 aromatic heterocycles. The molecule has 0 aromatic rings. The summed E-state index contributed by atoms with van der Waals surface area (Å²) < 4.78 is 0. The third kappa shape index (κ3) is 2.76. The Morgan fingerprint density at radius 2 is 1.79 bits per heavy atom. The Labute approximate surface area is 82.7 Å². The maximum Gasteiger partial charge on any atom is 0.111 e. The van der Waals surface area contributed by atoms with Gasteiger partial charge in [0.25, 0.3) is 0 Å². The average Bonchev–Trinajstić information content (AvgIpc) is 2.18. The minimum atomic E-state index is -1.15. The van der Waals surface area contributed by atoms with Gasteiger partial charge in [0.15, 0.2) is 0 Å². The van der Waals surface area contributed by atoms with E-state index in [2.05, 4.69) is 5.32 Å². The minimum absolute atomic E-state index is 0.0880. The fourth-order valence-corrected chi connectivity index (χ4v) is 1.41. The highest BCUT2D eigenvalue weighted by Gasteiger charge is 2.32. The van der Waals surface area contributed by atoms with Crippen LogP contribution in [0.1, 0.15) is 6.42 Å². The SMILES string of the molecule is OCCCN[C@H]1C=C[C@@H](O)[C@@H](O)[C@@H]1O. The molecule has 5 nitrogen and oxygen atoms in total. The lowest BCUT2D eigenvalue weighted by atomic mass is 9.94. The highest BCUT2D eigenvalue weighted by atomic mass is 16.4. The lowest BCUT2D eigenvalue weighted by molar-refractivity contribution is -0.0565. The predicted molar refractivity (Wildman–Crippen MR) is 50.7 cm³/mol. The molecule has 5 heteroatoms. The molecule has 0 fully saturated rings. The van der Waals surface area contributed by atoms with Gasteiger partial charge in [0.2, 0.25) is 0 Å². The van der Waals surface area contributed by atoms with Crippen LogP contribution < -0.4 is 5.32 Å². The van der Waals surface area contributed by atoms with Gasteiger partial charge < -0.3 is 25.7 Å². The molecule has 1 aliphatic carbocycles. The van der Waals surface area contributed by atoms with Gasteiger partial charge in [-0.2, -0.15) is 0 Å². The Balaban J connectivity index is 2.41. The minimum Gasteiger partial charge on any atom is -0.396 e. The molecule has 14 heavy (non-hydrogen) atoms. The molecule has 0 saturated carbocycles. The normalized spacial score (nSPS) is 37.4. The maximum absolute atomic E-state index is 9.52. The highest BCUT2D eigenvalue weighted by Crippen LogP contribution is 2.13. The molecule has 1 aliphatic rings. The molecule has 5 N–H and O–H groups in total. The van der Waals surface area contributed by atoms with E-state index >= 15 is 0 Å². The second-order valence-electron chi connectivity index (χ2n) is 3.41. The van der Waals surface area contributed by atoms with Gasteiger partial charge in [0.1, 0.15) is 18.3 Å². The highest BCUT2D eigenvalue weighted by molar-refractivity contribution is 5.10. The summed E-state index contributed by atoms with van der Waals surface area (Å²) >= 11 is 0. The summed E-state index contributed by atoms with van der Waals surface area (Å²) in [7, 11) is 0. The average molecular weight is 203 g/mol. The number of rotatable bonds is 4. The zero-order valence-corrected chi connectivity index (χ0v) is 7.87. The van der Waals surface area contributed by atoms with Crippen molar-refractivity contribution in [2.45, 2.75) is 30.8 Å². The summed E-state index contributed by atoms with van der Waals surface area (Å²) in [5.74, 6) is 0. The number of hydrogen-bond donors (Lipinski definition) is 5. The fourth-order valence-electron chi connectivity index (χ4n) is 1.41. The maximum atomic E-state index is 9.52. The van der Waals surface area contributed by atoms with Crippen LogP contribution in [-0.2, 0) is 0 Å². The van der Waals surface area contributed by atoms with Crippen LogP contribution in [0.3, 0.4) is 0 Å². The van der Waals surface area contributed by atoms with E-state index in [1.165, 1.54) is 6.08 Å². The molecule has 0 heterocycles. The fraction of sp³-hybridized carbons (Fsp3) is 0.778. The Morgan fingerprint density at radius 3 is 2.43 bits per heavy atom. The molecule has 0 bridgehead atoms. The summed E-state index contributed by atoms with van der Waals surface area (Å²) in [6, 6.07) is -0.361. The second-order valence-corrected chi connectivity index (χ2v) is 3.41. The van der Waals surface area contributed by atoms with Crippen LogP contribution in [0, 0.1) is 0 Å². The van der Waals surface area contributed by atoms with Crippen molar-refractivity contribution >= 4 is 0 Å². The van der Waals surface area contributed by atoms with E-state index in [4.69, 9.17) is 5.11 Å². The molecule has 1 rings (SSSR count). The first-order chi connectivity index (χ1) is 6.66. The first-order valence-corrected chi connectivity index (χ1v) is 4.73. The van der Waals surface area contributed by atoms with E-state index in [-0.39, 0.29) is 12.6 Å². The van der Waals surface area contributed by atoms with Gasteiger partial charge in [-0.3, -0.25) is 0 Å². The Hall–Kier alpha value is -0.460. The van der Waals surface area contributed by atoms with Gasteiger partial charge in [-0.15, -0.1) is 0 Å². The van der Waals surface area contributed by atoms with Crippen molar-refractivity contribution in [3.05, 3.63) is 12.2 Å². The molecule has 0 radical (unpaired) electrons. The Kier molecular flexibility index (Phi) is 4.50. The quantitative estimate of drug-likeness (QED) is 0.269. The van der Waals surface area contributed by atoms with Crippen molar-refractivity contribution in [1.29, 1.82) is 0 Å². The van der Waals surface area contributed by atoms with Crippen molar-refractivity contribution in [3.63, 3.8) is 0 Å². The molecule has 0 aromatic carbocycles. The zero-order valence-electron chi connectivity index (χ0n) is 7.87. The molecule has 0 saturated heterocycles. The van der Waals surface area contributed by atoms with E-state index in [0.717, 1.165) is 0 Å². The lowest BCUT2D eigenvalue weighted by Gasteiger charge is -2.31. The van der Waals surface area contributed by atoms with Crippen LogP contribution in [0.15, 0.2) is 12.2 Å². The first kappa shape index (κ1) is 11.6. The molecular weight excluding hydrogens is 186 g/mol. The van der Waals surface area contributed by atoms with Gasteiger partial charge >= 0.3 is 0 Å². The standard InChI is InChI=1S/C9H17NO4/c11-5-1-4-10-6-2-3-7(12)9(14)8(6)13/h2-3,6-14H,1,4-5H2/t6-,7+,8+,9+/m0/s1. The van der Waals surface area contributed by atoms with Crippen molar-refractivity contribution in [1.82, 2.24) is 5.32 Å². The summed E-state index contributed by atoms with van der Waals surface area (Å²) in [6.45, 7) is 0.649. The van der Waals surface area contributed by atoms with Crippen molar-refractivity contribution in [2.24, 2.45) is 0 Å². The third-order valence-electron chi connectivity index (χ3n) is 2.30. The first-order valence-electron chi connectivity index (χ1n) is 4.73. The summed E-state index contributed by atoms with van der Waals surface area (Å²) in [4.78, 5) is 0. The van der Waals surface area contributed by atoms with E-state index in [1.807, 2.05) is 0 Å². The number of nitrogens with one attached hydrogen (secondary N) is 1. The largest absolute Gasteiger partial charge is 0.396 e. The summed E-state index contributed by atoms with van der Waals surface area (Å²) in [5, 5.41) is 39.5. The van der Waals surface area contributed by atoms with Crippen molar-refractivity contribution in [2.75, 3.05) is 13.2 Å². The van der Waals surface area contributed by atoms with Gasteiger partial charge in [0, 0.05) is 6.61 Å². The Morgan fingerprint density at radius 1 is 1.07 bits per heavy atom. The number of aliphatic hydroxyl groups excluding tert-OH is 4. The summed E-state index contributed by atoms with van der Waals surface area (Å²) in [5.41, 5.74) is 0. The molecule has 82 valence electrons. The van der Waals surface area contributed by atoms with Crippen LogP contribution in [0.4, 0.5) is 0 Å². The summed E-state index contributed by atoms with van der Waals surface area (Å²) in [6.07, 6.45) is 0.518. The van der Waals surface area contributed by atoms with Gasteiger partial charge in [0.05, 0.1) is 6.04 Å². The monoisotopic (exact) mass is 203 g/mol. The molecule has 0 unspecified atom stereocenters. The molecular formula is C9H17NO4. The van der Waals surface area contributed by atoms with E-state index in [0.29, 0.717) is 13.0 Å². The van der Waals surface area contributed by atoms with E-state index < -0.39 is 18.3 Å². The van der Waals surface area contributed by atoms with Crippen LogP contribution in [0.2, 0.25) is 0 Å². The van der Waals surface area contributed by atoms with E-state index in [1.54, 1.807) is 6.08 Å². The number of aliphatic hydroxyl groups is 4. The van der Waals surface area contributed by atoms with Gasteiger partial charge in [-0.1, -0.05) is 12.2 Å². The number of hydrogen-bond acceptors (Lipinski definition) is 5. The zero-order chi connectivity index (χ0) is 10.6. The van der Waals surface area contributed by atoms with Crippen LogP contribution in [0.25, 0.3) is 0 Å². The van der Waals surface area contributed by atoms with Crippen molar-refractivity contribution < 1.29 is 20.4 Å². The third-order valence-corrected chi connectivity index (χ3v) is 2.30. The van der Waals surface area contributed by atoms with Crippen LogP contribution in [-0.4, -0.2) is 57.9 Å². The molecule has 0 spiro atoms. The van der Waals surface area contributed by atoms with E-state index in [9.17, 15) is 15.3 Å². The van der Waals surface area contributed by atoms with Gasteiger partial charge in [-0.05, 0) is 13.0 Å². The topological polar surface area (TPSA) is 93.0 Å². The second kappa shape index (κ2) is 5.43. The van der Waals surface area contributed by atoms with Gasteiger partial charge in [-0.25, -0.2) is 0 Å². The van der Waals surface area contributed by atoms with Crippen molar-refractivity contribution in [3.8, 4) is 0 Å². The lowest BCUT2D eigenvalue weighted by Crippen LogP contribution is -2.52. The van der Waals surface area contributed by atoms with Crippen LogP contribution >= 0.6 is 0 Å². The molecule has 0 aliphatic heterocycles. The smallest absolute Gasteiger partial charge is 0.111 e.